The van der Waals surface area contributed by atoms with Crippen LogP contribution in [0, 0.1) is 5.92 Å². The van der Waals surface area contributed by atoms with Crippen LogP contribution in [-0.2, 0) is 11.2 Å². The van der Waals surface area contributed by atoms with Crippen molar-refractivity contribution in [2.45, 2.75) is 37.3 Å². The van der Waals surface area contributed by atoms with Crippen LogP contribution in [0.3, 0.4) is 0 Å². The van der Waals surface area contributed by atoms with Gasteiger partial charge in [-0.15, -0.1) is 0 Å². The largest absolute Gasteiger partial charge is 0.480 e. The molecule has 1 aromatic rings. The average molecular weight is 257 g/mol. The normalized spacial score (nSPS) is 32.4. The van der Waals surface area contributed by atoms with Crippen molar-refractivity contribution in [2.75, 3.05) is 0 Å². The first-order valence-electron chi connectivity index (χ1n) is 6.92. The number of aryl methyl sites for hydroxylation is 1. The lowest BCUT2D eigenvalue weighted by Gasteiger charge is -2.46. The van der Waals surface area contributed by atoms with Crippen LogP contribution < -0.4 is 5.32 Å². The Balaban J connectivity index is 1.71. The van der Waals surface area contributed by atoms with E-state index in [4.69, 9.17) is 0 Å². The number of hydrogen-bond donors (Lipinski definition) is 2. The lowest BCUT2D eigenvalue weighted by atomic mass is 9.71. The smallest absolute Gasteiger partial charge is 0.321 e. The molecule has 0 amide bonds. The van der Waals surface area contributed by atoms with Gasteiger partial charge >= 0.3 is 5.97 Å². The number of carboxylic acid groups (broad SMARTS) is 1. The van der Waals surface area contributed by atoms with Crippen molar-refractivity contribution in [3.05, 3.63) is 48.0 Å². The Hall–Kier alpha value is -1.61. The molecule has 2 N–H and O–H groups in total. The summed E-state index contributed by atoms with van der Waals surface area (Å²) in [7, 11) is 0. The van der Waals surface area contributed by atoms with Crippen LogP contribution in [0.15, 0.2) is 42.5 Å². The molecule has 1 saturated heterocycles. The van der Waals surface area contributed by atoms with Gasteiger partial charge in [-0.1, -0.05) is 42.5 Å². The summed E-state index contributed by atoms with van der Waals surface area (Å²) in [4.78, 5) is 11.3. The van der Waals surface area contributed by atoms with E-state index in [1.165, 1.54) is 5.56 Å². The second-order valence-corrected chi connectivity index (χ2v) is 5.66. The quantitative estimate of drug-likeness (QED) is 0.814. The molecule has 0 radical (unpaired) electrons. The van der Waals surface area contributed by atoms with Gasteiger partial charge in [0.1, 0.15) is 6.04 Å². The Labute approximate surface area is 113 Å². The van der Waals surface area contributed by atoms with Gasteiger partial charge in [-0.05, 0) is 31.2 Å². The standard InChI is InChI=1S/C16H19NO2/c18-15(19)14-13-7-10-16(17-14,11-8-13)9-6-12-4-2-1-3-5-12/h1-5,7,10,13-14,17H,6,8-9,11H2,(H,18,19)/t13?,14?,16-/m0/s1. The summed E-state index contributed by atoms with van der Waals surface area (Å²) in [5.74, 6) is -0.561. The highest BCUT2D eigenvalue weighted by Gasteiger charge is 2.44. The van der Waals surface area contributed by atoms with Crippen molar-refractivity contribution >= 4 is 5.97 Å². The second-order valence-electron chi connectivity index (χ2n) is 5.66. The Morgan fingerprint density at radius 2 is 2.16 bits per heavy atom. The Morgan fingerprint density at radius 1 is 1.37 bits per heavy atom. The summed E-state index contributed by atoms with van der Waals surface area (Å²) in [5, 5.41) is 12.6. The molecule has 2 heterocycles. The second kappa shape index (κ2) is 4.82. The molecular formula is C16H19NO2. The van der Waals surface area contributed by atoms with Crippen LogP contribution in [0.2, 0.25) is 0 Å². The van der Waals surface area contributed by atoms with Crippen molar-refractivity contribution in [1.29, 1.82) is 0 Å². The van der Waals surface area contributed by atoms with E-state index in [1.54, 1.807) is 0 Å². The third kappa shape index (κ3) is 2.43. The number of aliphatic carboxylic acids is 1. The molecule has 100 valence electrons. The average Bonchev–Trinajstić information content (AvgIpc) is 2.47. The summed E-state index contributed by atoms with van der Waals surface area (Å²) in [6.45, 7) is 0. The minimum Gasteiger partial charge on any atom is -0.480 e. The molecule has 3 heteroatoms. The minimum absolute atomic E-state index is 0.117. The van der Waals surface area contributed by atoms with Crippen LogP contribution in [0.4, 0.5) is 0 Å². The molecule has 4 rings (SSSR count). The molecule has 2 bridgehead atoms. The van der Waals surface area contributed by atoms with E-state index < -0.39 is 12.0 Å². The van der Waals surface area contributed by atoms with E-state index in [0.717, 1.165) is 25.7 Å². The molecule has 3 nitrogen and oxygen atoms in total. The van der Waals surface area contributed by atoms with Crippen molar-refractivity contribution in [2.24, 2.45) is 5.92 Å². The molecule has 1 aliphatic carbocycles. The van der Waals surface area contributed by atoms with Crippen LogP contribution in [-0.4, -0.2) is 22.7 Å². The van der Waals surface area contributed by atoms with Crippen molar-refractivity contribution < 1.29 is 9.90 Å². The molecule has 2 unspecified atom stereocenters. The Kier molecular flexibility index (Phi) is 3.15. The van der Waals surface area contributed by atoms with Gasteiger partial charge in [-0.25, -0.2) is 0 Å². The first-order chi connectivity index (χ1) is 9.19. The van der Waals surface area contributed by atoms with Gasteiger partial charge < -0.3 is 5.11 Å². The van der Waals surface area contributed by atoms with Gasteiger partial charge in [0.2, 0.25) is 0 Å². The minimum atomic E-state index is -0.724. The van der Waals surface area contributed by atoms with Crippen LogP contribution in [0.1, 0.15) is 24.8 Å². The fraction of sp³-hybridized carbons (Fsp3) is 0.438. The third-order valence-electron chi connectivity index (χ3n) is 4.43. The van der Waals surface area contributed by atoms with E-state index in [9.17, 15) is 9.90 Å². The van der Waals surface area contributed by atoms with Gasteiger partial charge in [0.05, 0.1) is 0 Å². The maximum atomic E-state index is 11.3. The van der Waals surface area contributed by atoms with E-state index in [-0.39, 0.29) is 11.5 Å². The number of piperidine rings is 1. The maximum Gasteiger partial charge on any atom is 0.321 e. The monoisotopic (exact) mass is 257 g/mol. The van der Waals surface area contributed by atoms with Crippen LogP contribution in [0.5, 0.6) is 0 Å². The van der Waals surface area contributed by atoms with E-state index in [2.05, 4.69) is 29.6 Å². The SMILES string of the molecule is O=C(O)C1N[C@@]2(CCc3ccccc3)C=CC1CC2. The van der Waals surface area contributed by atoms with Gasteiger partial charge in [-0.3, -0.25) is 10.1 Å². The zero-order valence-electron chi connectivity index (χ0n) is 10.9. The summed E-state index contributed by atoms with van der Waals surface area (Å²) < 4.78 is 0. The molecule has 1 fully saturated rings. The number of rotatable bonds is 4. The predicted octanol–water partition coefficient (Wildman–Crippen LogP) is 2.38. The highest BCUT2D eigenvalue weighted by Crippen LogP contribution is 2.37. The number of hydrogen-bond acceptors (Lipinski definition) is 2. The maximum absolute atomic E-state index is 11.3. The molecule has 3 atom stereocenters. The highest BCUT2D eigenvalue weighted by atomic mass is 16.4. The molecule has 2 aliphatic heterocycles. The number of carbonyl (C=O) groups is 1. The fourth-order valence-corrected chi connectivity index (χ4v) is 3.26. The van der Waals surface area contributed by atoms with Gasteiger partial charge in [0, 0.05) is 11.5 Å². The topological polar surface area (TPSA) is 49.3 Å². The first-order valence-corrected chi connectivity index (χ1v) is 6.92. The molecule has 3 aliphatic rings. The summed E-state index contributed by atoms with van der Waals surface area (Å²) in [6.07, 6.45) is 8.27. The number of fused-ring (bicyclic) bond motifs is 2. The summed E-state index contributed by atoms with van der Waals surface area (Å²) >= 11 is 0. The lowest BCUT2D eigenvalue weighted by molar-refractivity contribution is -0.142. The van der Waals surface area contributed by atoms with E-state index >= 15 is 0 Å². The highest BCUT2D eigenvalue weighted by molar-refractivity contribution is 5.75. The number of benzene rings is 1. The van der Waals surface area contributed by atoms with Crippen molar-refractivity contribution in [3.8, 4) is 0 Å². The van der Waals surface area contributed by atoms with Gasteiger partial charge in [-0.2, -0.15) is 0 Å². The number of nitrogens with one attached hydrogen (secondary N) is 1. The summed E-state index contributed by atoms with van der Waals surface area (Å²) in [6, 6.07) is 9.97. The third-order valence-corrected chi connectivity index (χ3v) is 4.43. The van der Waals surface area contributed by atoms with Gasteiger partial charge in [0.25, 0.3) is 0 Å². The zero-order valence-corrected chi connectivity index (χ0v) is 10.9. The Morgan fingerprint density at radius 3 is 2.79 bits per heavy atom. The number of carboxylic acids is 1. The fourth-order valence-electron chi connectivity index (χ4n) is 3.26. The predicted molar refractivity (Wildman–Crippen MR) is 73.9 cm³/mol. The molecule has 0 aromatic heterocycles. The first kappa shape index (κ1) is 12.4. The van der Waals surface area contributed by atoms with Crippen molar-refractivity contribution in [1.82, 2.24) is 5.32 Å². The van der Waals surface area contributed by atoms with E-state index in [1.807, 2.05) is 18.2 Å². The summed E-state index contributed by atoms with van der Waals surface area (Å²) in [5.41, 5.74) is 1.19. The van der Waals surface area contributed by atoms with Crippen LogP contribution in [0.25, 0.3) is 0 Å². The van der Waals surface area contributed by atoms with Crippen LogP contribution >= 0.6 is 0 Å². The van der Waals surface area contributed by atoms with Crippen molar-refractivity contribution in [3.63, 3.8) is 0 Å². The zero-order chi connectivity index (χ0) is 13.3. The lowest BCUT2D eigenvalue weighted by Crippen LogP contribution is -2.61. The van der Waals surface area contributed by atoms with E-state index in [0.29, 0.717) is 0 Å². The molecular weight excluding hydrogens is 238 g/mol. The Bertz CT molecular complexity index is 497. The van der Waals surface area contributed by atoms with Gasteiger partial charge in [0.15, 0.2) is 0 Å². The molecule has 0 spiro atoms. The molecule has 19 heavy (non-hydrogen) atoms. The molecule has 0 saturated carbocycles. The molecule has 1 aromatic carbocycles.